The first-order chi connectivity index (χ1) is 12.3. The SMILES string of the molecule is CCn1cc[n+](C)c1.CN(C)S(=O)(=O)C(S(=O)(=O)N(C)C)S(=O)(=O)C(F)(F)F. The molecule has 0 fully saturated rings. The van der Waals surface area contributed by atoms with Gasteiger partial charge in [-0.2, -0.15) is 13.2 Å². The van der Waals surface area contributed by atoms with Gasteiger partial charge in [0.05, 0.1) is 13.6 Å². The van der Waals surface area contributed by atoms with Crippen LogP contribution in [0.4, 0.5) is 13.2 Å². The van der Waals surface area contributed by atoms with Crippen molar-refractivity contribution >= 4 is 29.9 Å². The van der Waals surface area contributed by atoms with E-state index in [0.29, 0.717) is 0 Å². The maximum atomic E-state index is 12.5. The molecular formula is C12H24F3N4O6S3+. The van der Waals surface area contributed by atoms with Crippen LogP contribution in [0, 0.1) is 0 Å². The van der Waals surface area contributed by atoms with E-state index in [2.05, 4.69) is 24.0 Å². The topological polar surface area (TPSA) is 118 Å². The number of halogens is 3. The molecule has 0 unspecified atom stereocenters. The van der Waals surface area contributed by atoms with Gasteiger partial charge in [0.2, 0.25) is 26.4 Å². The molecule has 166 valence electrons. The molecule has 1 aromatic rings. The fraction of sp³-hybridized carbons (Fsp3) is 0.750. The van der Waals surface area contributed by atoms with Crippen molar-refractivity contribution in [3.63, 3.8) is 0 Å². The van der Waals surface area contributed by atoms with Crippen molar-refractivity contribution in [2.45, 2.75) is 22.9 Å². The molecule has 10 nitrogen and oxygen atoms in total. The Morgan fingerprint density at radius 1 is 0.964 bits per heavy atom. The summed E-state index contributed by atoms with van der Waals surface area (Å²) >= 11 is 0. The van der Waals surface area contributed by atoms with Crippen LogP contribution in [-0.2, 0) is 43.5 Å². The average Bonchev–Trinajstić information content (AvgIpc) is 2.91. The molecule has 0 aliphatic heterocycles. The molecule has 0 radical (unpaired) electrons. The smallest absolute Gasteiger partial charge is 0.240 e. The summed E-state index contributed by atoms with van der Waals surface area (Å²) in [5.41, 5.74) is -6.04. The molecule has 0 bridgehead atoms. The number of aromatic nitrogens is 2. The third-order valence-electron chi connectivity index (χ3n) is 3.27. The standard InChI is InChI=1S/C6H13F3N2O6S3.C6H11N2/c1-10(2)19(14,15)5(20(16,17)11(3)4)18(12,13)6(7,8)9;1-3-8-5-4-7(2)6-8/h5H,1-4H3;4-6H,3H2,1-2H3/q;+1. The van der Waals surface area contributed by atoms with Gasteiger partial charge in [-0.25, -0.2) is 43.0 Å². The van der Waals surface area contributed by atoms with Crippen LogP contribution in [-0.4, -0.2) is 76.0 Å². The summed E-state index contributed by atoms with van der Waals surface area (Å²) in [4.78, 5) is 0. The highest BCUT2D eigenvalue weighted by Crippen LogP contribution is 2.33. The maximum absolute atomic E-state index is 12.5. The van der Waals surface area contributed by atoms with E-state index in [0.717, 1.165) is 34.7 Å². The summed E-state index contributed by atoms with van der Waals surface area (Å²) < 4.78 is 108. The van der Waals surface area contributed by atoms with Gasteiger partial charge in [0.1, 0.15) is 12.4 Å². The summed E-state index contributed by atoms with van der Waals surface area (Å²) in [6, 6.07) is 0. The second kappa shape index (κ2) is 9.06. The predicted octanol–water partition coefficient (Wildman–Crippen LogP) is -0.680. The number of aryl methyl sites for hydroxylation is 2. The lowest BCUT2D eigenvalue weighted by molar-refractivity contribution is -0.671. The zero-order chi connectivity index (χ0) is 22.7. The number of hydrogen-bond acceptors (Lipinski definition) is 6. The van der Waals surface area contributed by atoms with Gasteiger partial charge >= 0.3 is 5.51 Å². The minimum Gasteiger partial charge on any atom is -0.240 e. The Morgan fingerprint density at radius 3 is 1.54 bits per heavy atom. The first-order valence-electron chi connectivity index (χ1n) is 7.47. The van der Waals surface area contributed by atoms with Crippen LogP contribution in [0.15, 0.2) is 18.7 Å². The Hall–Kier alpha value is -1.23. The van der Waals surface area contributed by atoms with Crippen molar-refractivity contribution in [1.82, 2.24) is 13.2 Å². The van der Waals surface area contributed by atoms with Crippen LogP contribution in [0.1, 0.15) is 6.92 Å². The fourth-order valence-electron chi connectivity index (χ4n) is 1.62. The summed E-state index contributed by atoms with van der Waals surface area (Å²) in [6.45, 7) is 3.18. The summed E-state index contributed by atoms with van der Waals surface area (Å²) in [5, 5.41) is 0. The Labute approximate surface area is 163 Å². The minimum atomic E-state index is -6.50. The fourth-order valence-corrected chi connectivity index (χ4v) is 9.03. The lowest BCUT2D eigenvalue weighted by Crippen LogP contribution is -2.52. The van der Waals surface area contributed by atoms with Gasteiger partial charge in [-0.05, 0) is 6.92 Å². The van der Waals surface area contributed by atoms with Crippen molar-refractivity contribution in [1.29, 1.82) is 0 Å². The lowest BCUT2D eigenvalue weighted by atomic mass is 10.7. The molecule has 0 aromatic carbocycles. The first-order valence-corrected chi connectivity index (χ1v) is 12.0. The number of imidazole rings is 1. The zero-order valence-corrected chi connectivity index (χ0v) is 18.6. The molecule has 0 aliphatic carbocycles. The molecule has 1 rings (SSSR count). The lowest BCUT2D eigenvalue weighted by Gasteiger charge is -2.25. The van der Waals surface area contributed by atoms with Crippen LogP contribution in [0.5, 0.6) is 0 Å². The summed E-state index contributed by atoms with van der Waals surface area (Å²) in [5.74, 6) is 0. The normalized spacial score (nSPS) is 13.7. The monoisotopic (exact) mass is 473 g/mol. The molecular weight excluding hydrogens is 449 g/mol. The first kappa shape index (κ1) is 26.8. The molecule has 28 heavy (non-hydrogen) atoms. The quantitative estimate of drug-likeness (QED) is 0.506. The van der Waals surface area contributed by atoms with E-state index in [-0.39, 0.29) is 8.61 Å². The Balaban J connectivity index is 0.000000749. The molecule has 0 saturated carbocycles. The molecule has 1 heterocycles. The highest BCUT2D eigenvalue weighted by atomic mass is 32.3. The molecule has 1 aromatic heterocycles. The van der Waals surface area contributed by atoms with Crippen LogP contribution in [0.2, 0.25) is 0 Å². The third kappa shape index (κ3) is 5.88. The van der Waals surface area contributed by atoms with Crippen molar-refractivity contribution in [2.24, 2.45) is 7.05 Å². The van der Waals surface area contributed by atoms with Gasteiger partial charge < -0.3 is 0 Å². The maximum Gasteiger partial charge on any atom is 0.499 e. The number of alkyl halides is 3. The van der Waals surface area contributed by atoms with Crippen LogP contribution in [0.3, 0.4) is 0 Å². The van der Waals surface area contributed by atoms with Crippen molar-refractivity contribution in [2.75, 3.05) is 28.2 Å². The molecule has 0 aliphatic rings. The largest absolute Gasteiger partial charge is 0.499 e. The predicted molar refractivity (Wildman–Crippen MR) is 95.3 cm³/mol. The van der Waals surface area contributed by atoms with Gasteiger partial charge in [0, 0.05) is 28.2 Å². The number of rotatable bonds is 6. The van der Waals surface area contributed by atoms with Crippen LogP contribution < -0.4 is 4.57 Å². The van der Waals surface area contributed by atoms with Crippen LogP contribution in [0.25, 0.3) is 0 Å². The molecule has 0 amide bonds. The molecule has 0 saturated heterocycles. The van der Waals surface area contributed by atoms with E-state index in [9.17, 15) is 38.4 Å². The van der Waals surface area contributed by atoms with Crippen molar-refractivity contribution < 1.29 is 43.0 Å². The number of nitrogens with zero attached hydrogens (tertiary/aromatic N) is 4. The van der Waals surface area contributed by atoms with E-state index >= 15 is 0 Å². The van der Waals surface area contributed by atoms with Crippen molar-refractivity contribution in [3.05, 3.63) is 18.7 Å². The second-order valence-electron chi connectivity index (χ2n) is 5.84. The minimum absolute atomic E-state index is 0.0992. The molecule has 16 heteroatoms. The average molecular weight is 474 g/mol. The van der Waals surface area contributed by atoms with Gasteiger partial charge in [0.25, 0.3) is 13.8 Å². The van der Waals surface area contributed by atoms with Crippen LogP contribution >= 0.6 is 0 Å². The van der Waals surface area contributed by atoms with Crippen molar-refractivity contribution in [3.8, 4) is 0 Å². The van der Waals surface area contributed by atoms with Gasteiger partial charge in [-0.3, -0.25) is 0 Å². The Morgan fingerprint density at radius 2 is 1.36 bits per heavy atom. The van der Waals surface area contributed by atoms with Gasteiger partial charge in [-0.1, -0.05) is 0 Å². The van der Waals surface area contributed by atoms with E-state index in [4.69, 9.17) is 0 Å². The molecule has 0 atom stereocenters. The van der Waals surface area contributed by atoms with E-state index in [1.807, 2.05) is 17.8 Å². The third-order valence-corrected chi connectivity index (χ3v) is 11.9. The van der Waals surface area contributed by atoms with E-state index in [1.165, 1.54) is 0 Å². The highest BCUT2D eigenvalue weighted by Gasteiger charge is 2.62. The Kier molecular flexibility index (Phi) is 8.66. The number of hydrogen-bond donors (Lipinski definition) is 0. The van der Waals surface area contributed by atoms with Gasteiger partial charge in [-0.15, -0.1) is 0 Å². The zero-order valence-electron chi connectivity index (χ0n) is 16.1. The Bertz CT molecular complexity index is 928. The summed E-state index contributed by atoms with van der Waals surface area (Å²) in [6.07, 6.45) is 6.14. The van der Waals surface area contributed by atoms with E-state index < -0.39 is 39.3 Å². The number of sulfone groups is 1. The van der Waals surface area contributed by atoms with Gasteiger partial charge in [0.15, 0.2) is 0 Å². The molecule has 0 spiro atoms. The number of sulfonamides is 2. The van der Waals surface area contributed by atoms with E-state index in [1.54, 1.807) is 0 Å². The highest BCUT2D eigenvalue weighted by molar-refractivity contribution is 8.23. The second-order valence-corrected chi connectivity index (χ2v) is 13.2. The molecule has 0 N–H and O–H groups in total. The summed E-state index contributed by atoms with van der Waals surface area (Å²) in [7, 11) is -12.2.